The number of ether oxygens (including phenoxy) is 1. The summed E-state index contributed by atoms with van der Waals surface area (Å²) < 4.78 is 5.12. The number of amides is 1. The molecule has 0 radical (unpaired) electrons. The zero-order valence-electron chi connectivity index (χ0n) is 11.2. The highest BCUT2D eigenvalue weighted by Gasteiger charge is 2.23. The number of nitriles is 1. The van der Waals surface area contributed by atoms with Crippen molar-refractivity contribution in [2.24, 2.45) is 5.92 Å². The first-order chi connectivity index (χ1) is 8.51. The summed E-state index contributed by atoms with van der Waals surface area (Å²) in [7, 11) is 3.22. The van der Waals surface area contributed by atoms with Gasteiger partial charge >= 0.3 is 0 Å². The average Bonchev–Trinajstić information content (AvgIpc) is 2.38. The molecule has 0 bridgehead atoms. The van der Waals surface area contributed by atoms with E-state index in [9.17, 15) is 10.1 Å². The SMILES string of the molecule is COc1cccc(C(C#N)N(C)C(=O)C(C)C)c1. The zero-order valence-corrected chi connectivity index (χ0v) is 11.2. The van der Waals surface area contributed by atoms with E-state index in [1.807, 2.05) is 32.0 Å². The van der Waals surface area contributed by atoms with Gasteiger partial charge in [0.1, 0.15) is 11.8 Å². The second-order valence-corrected chi connectivity index (χ2v) is 4.41. The topological polar surface area (TPSA) is 53.3 Å². The van der Waals surface area contributed by atoms with Gasteiger partial charge in [0.2, 0.25) is 5.91 Å². The molecule has 0 spiro atoms. The van der Waals surface area contributed by atoms with Gasteiger partial charge in [0.25, 0.3) is 0 Å². The number of nitrogens with zero attached hydrogens (tertiary/aromatic N) is 2. The van der Waals surface area contributed by atoms with Crippen LogP contribution in [-0.2, 0) is 4.79 Å². The predicted octanol–water partition coefficient (Wildman–Crippen LogP) is 2.37. The largest absolute Gasteiger partial charge is 0.497 e. The molecule has 1 amide bonds. The summed E-state index contributed by atoms with van der Waals surface area (Å²) in [4.78, 5) is 13.4. The molecule has 0 aliphatic heterocycles. The molecule has 0 aliphatic rings. The maximum absolute atomic E-state index is 11.9. The van der Waals surface area contributed by atoms with Crippen LogP contribution in [0.4, 0.5) is 0 Å². The Kier molecular flexibility index (Phi) is 4.73. The summed E-state index contributed by atoms with van der Waals surface area (Å²) in [6.45, 7) is 3.64. The Balaban J connectivity index is 3.03. The van der Waals surface area contributed by atoms with E-state index >= 15 is 0 Å². The summed E-state index contributed by atoms with van der Waals surface area (Å²) in [5.74, 6) is 0.499. The van der Waals surface area contributed by atoms with E-state index in [0.717, 1.165) is 5.56 Å². The molecular weight excluding hydrogens is 228 g/mol. The van der Waals surface area contributed by atoms with Crippen LogP contribution in [0.5, 0.6) is 5.75 Å². The molecule has 1 unspecified atom stereocenters. The highest BCUT2D eigenvalue weighted by molar-refractivity contribution is 5.78. The minimum absolute atomic E-state index is 0.0515. The van der Waals surface area contributed by atoms with Crippen LogP contribution in [0.1, 0.15) is 25.5 Å². The molecule has 4 nitrogen and oxygen atoms in total. The number of hydrogen-bond donors (Lipinski definition) is 0. The number of carbonyl (C=O) groups is 1. The van der Waals surface area contributed by atoms with Crippen molar-refractivity contribution < 1.29 is 9.53 Å². The van der Waals surface area contributed by atoms with Gasteiger partial charge in [-0.3, -0.25) is 4.79 Å². The maximum Gasteiger partial charge on any atom is 0.226 e. The summed E-state index contributed by atoms with van der Waals surface area (Å²) in [6.07, 6.45) is 0. The highest BCUT2D eigenvalue weighted by atomic mass is 16.5. The van der Waals surface area contributed by atoms with Crippen molar-refractivity contribution in [2.45, 2.75) is 19.9 Å². The molecule has 0 aliphatic carbocycles. The lowest BCUT2D eigenvalue weighted by molar-refractivity contribution is -0.134. The molecule has 0 fully saturated rings. The van der Waals surface area contributed by atoms with Gasteiger partial charge in [-0.15, -0.1) is 0 Å². The van der Waals surface area contributed by atoms with Crippen molar-refractivity contribution >= 4 is 5.91 Å². The monoisotopic (exact) mass is 246 g/mol. The van der Waals surface area contributed by atoms with Crippen molar-refractivity contribution in [1.82, 2.24) is 4.90 Å². The average molecular weight is 246 g/mol. The second-order valence-electron chi connectivity index (χ2n) is 4.41. The van der Waals surface area contributed by atoms with Gasteiger partial charge in [-0.25, -0.2) is 0 Å². The van der Waals surface area contributed by atoms with E-state index < -0.39 is 6.04 Å². The van der Waals surface area contributed by atoms with Crippen LogP contribution in [0.25, 0.3) is 0 Å². The summed E-state index contributed by atoms with van der Waals surface area (Å²) >= 11 is 0. The van der Waals surface area contributed by atoms with Crippen LogP contribution < -0.4 is 4.74 Å². The summed E-state index contributed by atoms with van der Waals surface area (Å²) in [6, 6.07) is 8.78. The quantitative estimate of drug-likeness (QED) is 0.819. The molecule has 4 heteroatoms. The van der Waals surface area contributed by atoms with E-state index in [4.69, 9.17) is 4.74 Å². The van der Waals surface area contributed by atoms with Gasteiger partial charge < -0.3 is 9.64 Å². The molecule has 1 rings (SSSR count). The van der Waals surface area contributed by atoms with Gasteiger partial charge in [0, 0.05) is 13.0 Å². The summed E-state index contributed by atoms with van der Waals surface area (Å²) in [5.41, 5.74) is 0.758. The van der Waals surface area contributed by atoms with Crippen molar-refractivity contribution in [3.63, 3.8) is 0 Å². The molecule has 0 aromatic heterocycles. The molecular formula is C14H18N2O2. The molecule has 0 saturated heterocycles. The van der Waals surface area contributed by atoms with Crippen molar-refractivity contribution in [1.29, 1.82) is 5.26 Å². The van der Waals surface area contributed by atoms with E-state index in [0.29, 0.717) is 5.75 Å². The number of benzene rings is 1. The van der Waals surface area contributed by atoms with Crippen molar-refractivity contribution in [2.75, 3.05) is 14.2 Å². The third-order valence-electron chi connectivity index (χ3n) is 2.76. The zero-order chi connectivity index (χ0) is 13.7. The molecule has 0 N–H and O–H groups in total. The first kappa shape index (κ1) is 14.0. The normalized spacial score (nSPS) is 11.8. The Morgan fingerprint density at radius 1 is 1.44 bits per heavy atom. The van der Waals surface area contributed by atoms with Gasteiger partial charge in [-0.1, -0.05) is 26.0 Å². The molecule has 96 valence electrons. The van der Waals surface area contributed by atoms with E-state index in [1.165, 1.54) is 4.90 Å². The minimum Gasteiger partial charge on any atom is -0.497 e. The van der Waals surface area contributed by atoms with Crippen LogP contribution >= 0.6 is 0 Å². The van der Waals surface area contributed by atoms with Crippen LogP contribution in [0.15, 0.2) is 24.3 Å². The van der Waals surface area contributed by atoms with Crippen molar-refractivity contribution in [3.05, 3.63) is 29.8 Å². The fraction of sp³-hybridized carbons (Fsp3) is 0.429. The third-order valence-corrected chi connectivity index (χ3v) is 2.76. The number of hydrogen-bond acceptors (Lipinski definition) is 3. The first-order valence-corrected chi connectivity index (χ1v) is 5.81. The second kappa shape index (κ2) is 6.06. The van der Waals surface area contributed by atoms with E-state index in [2.05, 4.69) is 6.07 Å². The third kappa shape index (κ3) is 3.01. The number of rotatable bonds is 4. The van der Waals surface area contributed by atoms with Crippen LogP contribution in [0.3, 0.4) is 0 Å². The smallest absolute Gasteiger partial charge is 0.226 e. The van der Waals surface area contributed by atoms with Gasteiger partial charge in [-0.05, 0) is 17.7 Å². The standard InChI is InChI=1S/C14H18N2O2/c1-10(2)14(17)16(3)13(9-15)11-6-5-7-12(8-11)18-4/h5-8,10,13H,1-4H3. The van der Waals surface area contributed by atoms with Gasteiger partial charge in [0.05, 0.1) is 13.2 Å². The fourth-order valence-electron chi connectivity index (χ4n) is 1.73. The lowest BCUT2D eigenvalue weighted by Gasteiger charge is -2.25. The Morgan fingerprint density at radius 2 is 2.11 bits per heavy atom. The Hall–Kier alpha value is -2.02. The molecule has 0 saturated carbocycles. The molecule has 1 aromatic rings. The molecule has 0 heterocycles. The highest BCUT2D eigenvalue weighted by Crippen LogP contribution is 2.23. The fourth-order valence-corrected chi connectivity index (χ4v) is 1.73. The Morgan fingerprint density at radius 3 is 2.61 bits per heavy atom. The van der Waals surface area contributed by atoms with E-state index in [1.54, 1.807) is 20.2 Å². The number of carbonyl (C=O) groups excluding carboxylic acids is 1. The lowest BCUT2D eigenvalue weighted by Crippen LogP contribution is -2.33. The molecule has 18 heavy (non-hydrogen) atoms. The van der Waals surface area contributed by atoms with Crippen LogP contribution in [-0.4, -0.2) is 25.0 Å². The first-order valence-electron chi connectivity index (χ1n) is 5.81. The lowest BCUT2D eigenvalue weighted by atomic mass is 10.0. The molecule has 1 atom stereocenters. The maximum atomic E-state index is 11.9. The number of methoxy groups -OCH3 is 1. The van der Waals surface area contributed by atoms with Crippen LogP contribution in [0, 0.1) is 17.2 Å². The molecule has 1 aromatic carbocycles. The predicted molar refractivity (Wildman–Crippen MR) is 69.0 cm³/mol. The summed E-state index contributed by atoms with van der Waals surface area (Å²) in [5, 5.41) is 9.26. The van der Waals surface area contributed by atoms with Crippen LogP contribution in [0.2, 0.25) is 0 Å². The minimum atomic E-state index is -0.588. The van der Waals surface area contributed by atoms with Gasteiger partial charge in [-0.2, -0.15) is 5.26 Å². The van der Waals surface area contributed by atoms with Gasteiger partial charge in [0.15, 0.2) is 0 Å². The Labute approximate surface area is 108 Å². The van der Waals surface area contributed by atoms with E-state index in [-0.39, 0.29) is 11.8 Å². The van der Waals surface area contributed by atoms with Crippen molar-refractivity contribution in [3.8, 4) is 11.8 Å². The Bertz CT molecular complexity index is 463.